The Bertz CT molecular complexity index is 562. The van der Waals surface area contributed by atoms with Crippen molar-refractivity contribution in [3.8, 4) is 5.75 Å². The first kappa shape index (κ1) is 14.1. The number of aromatic hydroxyl groups is 1. The van der Waals surface area contributed by atoms with Crippen molar-refractivity contribution in [2.24, 2.45) is 5.92 Å². The molecule has 0 amide bonds. The Hall–Kier alpha value is -1.34. The zero-order chi connectivity index (χ0) is 14.0. The third-order valence-corrected chi connectivity index (χ3v) is 4.66. The third kappa shape index (κ3) is 3.36. The predicted molar refractivity (Wildman–Crippen MR) is 70.6 cm³/mol. The lowest BCUT2D eigenvalue weighted by Gasteiger charge is -2.30. The van der Waals surface area contributed by atoms with E-state index >= 15 is 0 Å². The SMILES string of the molecule is CC1CCCN(S(=O)(=O)Nc2ccc(O)c(F)c2)C1. The summed E-state index contributed by atoms with van der Waals surface area (Å²) in [4.78, 5) is 0. The van der Waals surface area contributed by atoms with Crippen LogP contribution in [0.2, 0.25) is 0 Å². The molecule has 0 saturated carbocycles. The van der Waals surface area contributed by atoms with Gasteiger partial charge in [-0.3, -0.25) is 4.72 Å². The zero-order valence-corrected chi connectivity index (χ0v) is 11.5. The van der Waals surface area contributed by atoms with Crippen molar-refractivity contribution in [2.45, 2.75) is 19.8 Å². The van der Waals surface area contributed by atoms with Crippen molar-refractivity contribution < 1.29 is 17.9 Å². The van der Waals surface area contributed by atoms with Crippen molar-refractivity contribution in [1.82, 2.24) is 4.31 Å². The number of phenols is 1. The molecule has 7 heteroatoms. The number of hydrogen-bond donors (Lipinski definition) is 2. The summed E-state index contributed by atoms with van der Waals surface area (Å²) in [6.45, 7) is 2.94. The summed E-state index contributed by atoms with van der Waals surface area (Å²) in [5.41, 5.74) is 0.105. The number of nitrogens with zero attached hydrogens (tertiary/aromatic N) is 1. The van der Waals surface area contributed by atoms with Gasteiger partial charge in [-0.1, -0.05) is 6.92 Å². The molecule has 1 unspecified atom stereocenters. The Kier molecular flexibility index (Phi) is 3.96. The summed E-state index contributed by atoms with van der Waals surface area (Å²) in [7, 11) is -3.66. The van der Waals surface area contributed by atoms with Crippen molar-refractivity contribution in [2.75, 3.05) is 17.8 Å². The van der Waals surface area contributed by atoms with E-state index in [0.717, 1.165) is 25.0 Å². The molecule has 0 spiro atoms. The molecule has 1 aromatic rings. The molecule has 1 heterocycles. The Balaban J connectivity index is 2.14. The maximum absolute atomic E-state index is 13.2. The average Bonchev–Trinajstić information content (AvgIpc) is 2.33. The molecule has 2 N–H and O–H groups in total. The molecule has 0 aliphatic carbocycles. The van der Waals surface area contributed by atoms with Crippen LogP contribution in [0.4, 0.5) is 10.1 Å². The minimum Gasteiger partial charge on any atom is -0.505 e. The first-order valence-corrected chi connectivity index (χ1v) is 7.59. The van der Waals surface area contributed by atoms with E-state index in [1.165, 1.54) is 10.4 Å². The van der Waals surface area contributed by atoms with Crippen LogP contribution in [0.3, 0.4) is 0 Å². The Morgan fingerprint density at radius 2 is 2.21 bits per heavy atom. The fourth-order valence-corrected chi connectivity index (χ4v) is 3.52. The molecule has 1 atom stereocenters. The molecule has 2 rings (SSSR count). The molecular weight excluding hydrogens is 271 g/mol. The lowest BCUT2D eigenvalue weighted by Crippen LogP contribution is -2.42. The smallest absolute Gasteiger partial charge is 0.301 e. The van der Waals surface area contributed by atoms with Crippen molar-refractivity contribution in [1.29, 1.82) is 0 Å². The van der Waals surface area contributed by atoms with Gasteiger partial charge in [-0.05, 0) is 30.9 Å². The Labute approximate surface area is 112 Å². The van der Waals surface area contributed by atoms with E-state index in [1.54, 1.807) is 0 Å². The molecule has 0 aromatic heterocycles. The summed E-state index contributed by atoms with van der Waals surface area (Å²) in [6, 6.07) is 3.40. The summed E-state index contributed by atoms with van der Waals surface area (Å²) in [5.74, 6) is -1.04. The summed E-state index contributed by atoms with van der Waals surface area (Å²) < 4.78 is 41.1. The van der Waals surface area contributed by atoms with Crippen LogP contribution in [-0.2, 0) is 10.2 Å². The Morgan fingerprint density at radius 1 is 1.47 bits per heavy atom. The van der Waals surface area contributed by atoms with Gasteiger partial charge >= 0.3 is 10.2 Å². The minimum atomic E-state index is -3.66. The highest BCUT2D eigenvalue weighted by Crippen LogP contribution is 2.23. The molecular formula is C12H17FN2O3S. The van der Waals surface area contributed by atoms with Gasteiger partial charge in [0, 0.05) is 19.2 Å². The van der Waals surface area contributed by atoms with Gasteiger partial charge in [0.25, 0.3) is 0 Å². The molecule has 1 aromatic carbocycles. The van der Waals surface area contributed by atoms with E-state index < -0.39 is 21.8 Å². The quantitative estimate of drug-likeness (QED) is 0.835. The normalized spacial score (nSPS) is 21.3. The van der Waals surface area contributed by atoms with Crippen LogP contribution < -0.4 is 4.72 Å². The first-order chi connectivity index (χ1) is 8.88. The monoisotopic (exact) mass is 288 g/mol. The number of halogens is 1. The van der Waals surface area contributed by atoms with Crippen LogP contribution >= 0.6 is 0 Å². The average molecular weight is 288 g/mol. The first-order valence-electron chi connectivity index (χ1n) is 6.15. The van der Waals surface area contributed by atoms with Crippen LogP contribution in [0.1, 0.15) is 19.8 Å². The fraction of sp³-hybridized carbons (Fsp3) is 0.500. The van der Waals surface area contributed by atoms with Gasteiger partial charge in [0.2, 0.25) is 0 Å². The Morgan fingerprint density at radius 3 is 2.84 bits per heavy atom. The number of anilines is 1. The minimum absolute atomic E-state index is 0.105. The predicted octanol–water partition coefficient (Wildman–Crippen LogP) is 1.92. The molecule has 0 bridgehead atoms. The van der Waals surface area contributed by atoms with E-state index in [4.69, 9.17) is 5.11 Å². The highest BCUT2D eigenvalue weighted by molar-refractivity contribution is 7.90. The van der Waals surface area contributed by atoms with Gasteiger partial charge in [0.1, 0.15) is 0 Å². The van der Waals surface area contributed by atoms with Crippen LogP contribution in [0, 0.1) is 11.7 Å². The fourth-order valence-electron chi connectivity index (χ4n) is 2.15. The van der Waals surface area contributed by atoms with E-state index in [-0.39, 0.29) is 5.69 Å². The number of rotatable bonds is 3. The number of benzene rings is 1. The third-order valence-electron chi connectivity index (χ3n) is 3.15. The molecule has 19 heavy (non-hydrogen) atoms. The van der Waals surface area contributed by atoms with Crippen LogP contribution in [0.25, 0.3) is 0 Å². The second kappa shape index (κ2) is 5.34. The van der Waals surface area contributed by atoms with E-state index in [0.29, 0.717) is 19.0 Å². The number of nitrogens with one attached hydrogen (secondary N) is 1. The highest BCUT2D eigenvalue weighted by atomic mass is 32.2. The summed E-state index contributed by atoms with van der Waals surface area (Å²) in [5, 5.41) is 9.06. The van der Waals surface area contributed by atoms with E-state index in [9.17, 15) is 12.8 Å². The maximum Gasteiger partial charge on any atom is 0.301 e. The van der Waals surface area contributed by atoms with Crippen LogP contribution in [-0.4, -0.2) is 30.9 Å². The van der Waals surface area contributed by atoms with Crippen molar-refractivity contribution in [3.05, 3.63) is 24.0 Å². The van der Waals surface area contributed by atoms with E-state index in [2.05, 4.69) is 4.72 Å². The van der Waals surface area contributed by atoms with Gasteiger partial charge in [0.05, 0.1) is 5.69 Å². The van der Waals surface area contributed by atoms with Gasteiger partial charge in [-0.2, -0.15) is 12.7 Å². The summed E-state index contributed by atoms with van der Waals surface area (Å²) >= 11 is 0. The second-order valence-electron chi connectivity index (χ2n) is 4.88. The lowest BCUT2D eigenvalue weighted by atomic mass is 10.0. The summed E-state index contributed by atoms with van der Waals surface area (Å²) in [6.07, 6.45) is 1.84. The molecule has 0 radical (unpaired) electrons. The number of hydrogen-bond acceptors (Lipinski definition) is 3. The standard InChI is InChI=1S/C12H17FN2O3S/c1-9-3-2-6-15(8-9)19(17,18)14-10-4-5-12(16)11(13)7-10/h4-5,7,9,14,16H,2-3,6,8H2,1H3. The second-order valence-corrected chi connectivity index (χ2v) is 6.55. The number of phenolic OH excluding ortho intramolecular Hbond substituents is 1. The van der Waals surface area contributed by atoms with Gasteiger partial charge < -0.3 is 5.11 Å². The molecule has 1 aliphatic rings. The maximum atomic E-state index is 13.2. The largest absolute Gasteiger partial charge is 0.505 e. The van der Waals surface area contributed by atoms with Crippen molar-refractivity contribution >= 4 is 15.9 Å². The van der Waals surface area contributed by atoms with Gasteiger partial charge in [-0.15, -0.1) is 0 Å². The van der Waals surface area contributed by atoms with Gasteiger partial charge in [0.15, 0.2) is 11.6 Å². The lowest BCUT2D eigenvalue weighted by molar-refractivity contribution is 0.282. The number of piperidine rings is 1. The van der Waals surface area contributed by atoms with Crippen LogP contribution in [0.15, 0.2) is 18.2 Å². The molecule has 1 fully saturated rings. The topological polar surface area (TPSA) is 69.6 Å². The van der Waals surface area contributed by atoms with Gasteiger partial charge in [-0.25, -0.2) is 4.39 Å². The zero-order valence-electron chi connectivity index (χ0n) is 10.6. The van der Waals surface area contributed by atoms with Crippen molar-refractivity contribution in [3.63, 3.8) is 0 Å². The molecule has 5 nitrogen and oxygen atoms in total. The molecule has 106 valence electrons. The molecule has 1 aliphatic heterocycles. The highest BCUT2D eigenvalue weighted by Gasteiger charge is 2.27. The molecule has 1 saturated heterocycles. The van der Waals surface area contributed by atoms with Crippen LogP contribution in [0.5, 0.6) is 5.75 Å². The van der Waals surface area contributed by atoms with E-state index in [1.807, 2.05) is 6.92 Å².